The van der Waals surface area contributed by atoms with E-state index in [9.17, 15) is 14.4 Å². The Balaban J connectivity index is 1.27. The molecule has 10 heteroatoms. The SMILES string of the molecule is CN(C)C/C=C/C(=O)N1CCN(c2nc(OC[C@@H]3CCCN3C)nc3c2CC[C@@]2(CCc4c(F)cccc4C2)C3)C[C@@H]1CC#N. The van der Waals surface area contributed by atoms with Gasteiger partial charge in [-0.3, -0.25) is 4.79 Å². The number of carbonyl (C=O) groups excluding carboxylic acids is 1. The van der Waals surface area contributed by atoms with Crippen LogP contribution in [0, 0.1) is 22.6 Å². The summed E-state index contributed by atoms with van der Waals surface area (Å²) >= 11 is 0. The van der Waals surface area contributed by atoms with Gasteiger partial charge in [0.05, 0.1) is 24.2 Å². The third-order valence-corrected chi connectivity index (χ3v) is 10.4. The van der Waals surface area contributed by atoms with E-state index in [4.69, 9.17) is 14.7 Å². The number of rotatable bonds is 8. The van der Waals surface area contributed by atoms with E-state index in [0.29, 0.717) is 44.8 Å². The zero-order chi connectivity index (χ0) is 31.6. The van der Waals surface area contributed by atoms with Gasteiger partial charge < -0.3 is 24.3 Å². The van der Waals surface area contributed by atoms with Crippen molar-refractivity contribution in [3.8, 4) is 12.1 Å². The van der Waals surface area contributed by atoms with Gasteiger partial charge >= 0.3 is 6.01 Å². The first-order chi connectivity index (χ1) is 21.7. The van der Waals surface area contributed by atoms with Crippen LogP contribution in [0.4, 0.5) is 10.2 Å². The zero-order valence-corrected chi connectivity index (χ0v) is 27.0. The Hall–Kier alpha value is -3.55. The number of carbonyl (C=O) groups is 1. The van der Waals surface area contributed by atoms with E-state index in [1.165, 1.54) is 6.42 Å². The number of benzene rings is 1. The molecule has 1 amide bonds. The molecule has 2 fully saturated rings. The normalized spacial score (nSPS) is 25.1. The highest BCUT2D eigenvalue weighted by molar-refractivity contribution is 5.88. The number of likely N-dealkylation sites (N-methyl/N-ethyl adjacent to an activating group) is 2. The van der Waals surface area contributed by atoms with Crippen molar-refractivity contribution in [3.63, 3.8) is 0 Å². The lowest BCUT2D eigenvalue weighted by molar-refractivity contribution is -0.128. The van der Waals surface area contributed by atoms with Crippen LogP contribution in [0.5, 0.6) is 6.01 Å². The molecule has 0 unspecified atom stereocenters. The fourth-order valence-corrected chi connectivity index (χ4v) is 7.79. The molecule has 1 aromatic carbocycles. The van der Waals surface area contributed by atoms with Crippen molar-refractivity contribution in [2.75, 3.05) is 65.4 Å². The fraction of sp³-hybridized carbons (Fsp3) is 0.600. The number of ether oxygens (including phenoxy) is 1. The lowest BCUT2D eigenvalue weighted by Crippen LogP contribution is -2.55. The van der Waals surface area contributed by atoms with Crippen LogP contribution in [0.25, 0.3) is 0 Å². The highest BCUT2D eigenvalue weighted by Crippen LogP contribution is 2.47. The minimum absolute atomic E-state index is 0.0374. The van der Waals surface area contributed by atoms with E-state index in [1.54, 1.807) is 12.1 Å². The summed E-state index contributed by atoms with van der Waals surface area (Å²) in [6.07, 6.45) is 11.2. The van der Waals surface area contributed by atoms with Gasteiger partial charge in [-0.1, -0.05) is 18.2 Å². The molecule has 3 heterocycles. The van der Waals surface area contributed by atoms with Crippen molar-refractivity contribution in [2.45, 2.75) is 69.9 Å². The van der Waals surface area contributed by atoms with E-state index in [2.05, 4.69) is 29.0 Å². The predicted molar refractivity (Wildman–Crippen MR) is 172 cm³/mol. The largest absolute Gasteiger partial charge is 0.462 e. The van der Waals surface area contributed by atoms with Gasteiger partial charge in [-0.05, 0) is 102 Å². The molecule has 1 spiro atoms. The number of nitriles is 1. The van der Waals surface area contributed by atoms with Gasteiger partial charge in [0.25, 0.3) is 0 Å². The Bertz CT molecular complexity index is 1470. The zero-order valence-electron chi connectivity index (χ0n) is 27.0. The summed E-state index contributed by atoms with van der Waals surface area (Å²) in [7, 11) is 6.07. The Morgan fingerprint density at radius 3 is 2.73 bits per heavy atom. The van der Waals surface area contributed by atoms with Crippen LogP contribution < -0.4 is 9.64 Å². The molecular weight excluding hydrogens is 569 g/mol. The number of likely N-dealkylation sites (tertiary alicyclic amines) is 1. The number of piperazine rings is 1. The number of halogens is 1. The summed E-state index contributed by atoms with van der Waals surface area (Å²) < 4.78 is 20.9. The molecule has 2 aromatic rings. The summed E-state index contributed by atoms with van der Waals surface area (Å²) in [4.78, 5) is 31.6. The molecule has 1 aromatic heterocycles. The van der Waals surface area contributed by atoms with Crippen molar-refractivity contribution in [2.24, 2.45) is 5.41 Å². The van der Waals surface area contributed by atoms with Crippen molar-refractivity contribution in [1.29, 1.82) is 5.26 Å². The van der Waals surface area contributed by atoms with Crippen LogP contribution in [0.1, 0.15) is 54.5 Å². The average Bonchev–Trinajstić information content (AvgIpc) is 3.43. The minimum Gasteiger partial charge on any atom is -0.462 e. The number of aromatic nitrogens is 2. The molecule has 0 bridgehead atoms. The van der Waals surface area contributed by atoms with Crippen molar-refractivity contribution >= 4 is 11.7 Å². The monoisotopic (exact) mass is 615 g/mol. The van der Waals surface area contributed by atoms with Crippen molar-refractivity contribution in [3.05, 3.63) is 58.6 Å². The molecular formula is C35H46FN7O2. The second kappa shape index (κ2) is 13.4. The number of fused-ring (bicyclic) bond motifs is 2. The molecule has 0 radical (unpaired) electrons. The van der Waals surface area contributed by atoms with Gasteiger partial charge in [0.1, 0.15) is 18.2 Å². The van der Waals surface area contributed by atoms with E-state index in [0.717, 1.165) is 79.7 Å². The van der Waals surface area contributed by atoms with E-state index in [1.807, 2.05) is 36.0 Å². The summed E-state index contributed by atoms with van der Waals surface area (Å²) in [6.45, 7) is 3.98. The molecule has 6 rings (SSSR count). The Morgan fingerprint density at radius 1 is 1.16 bits per heavy atom. The smallest absolute Gasteiger partial charge is 0.318 e. The van der Waals surface area contributed by atoms with Crippen LogP contribution in [0.15, 0.2) is 30.4 Å². The lowest BCUT2D eigenvalue weighted by atomic mass is 9.63. The van der Waals surface area contributed by atoms with E-state index in [-0.39, 0.29) is 29.6 Å². The predicted octanol–water partition coefficient (Wildman–Crippen LogP) is 3.80. The maximum atomic E-state index is 14.6. The topological polar surface area (TPSA) is 88.8 Å². The first kappa shape index (κ1) is 31.4. The van der Waals surface area contributed by atoms with Gasteiger partial charge in [-0.25, -0.2) is 4.39 Å². The molecule has 240 valence electrons. The average molecular weight is 616 g/mol. The number of hydrogen-bond acceptors (Lipinski definition) is 8. The van der Waals surface area contributed by atoms with Crippen molar-refractivity contribution < 1.29 is 13.9 Å². The number of nitrogens with zero attached hydrogens (tertiary/aromatic N) is 7. The molecule has 4 aliphatic rings. The van der Waals surface area contributed by atoms with Crippen LogP contribution in [0.2, 0.25) is 0 Å². The number of hydrogen-bond donors (Lipinski definition) is 0. The molecule has 0 N–H and O–H groups in total. The second-order valence-electron chi connectivity index (χ2n) is 13.7. The number of amides is 1. The highest BCUT2D eigenvalue weighted by atomic mass is 19.1. The lowest BCUT2D eigenvalue weighted by Gasteiger charge is -2.44. The van der Waals surface area contributed by atoms with Gasteiger partial charge in [-0.2, -0.15) is 15.2 Å². The first-order valence-corrected chi connectivity index (χ1v) is 16.5. The van der Waals surface area contributed by atoms with E-state index < -0.39 is 0 Å². The third kappa shape index (κ3) is 6.85. The third-order valence-electron chi connectivity index (χ3n) is 10.4. The van der Waals surface area contributed by atoms with Crippen LogP contribution in [0.3, 0.4) is 0 Å². The van der Waals surface area contributed by atoms with Crippen LogP contribution in [-0.4, -0.2) is 103 Å². The van der Waals surface area contributed by atoms with Gasteiger partial charge in [0.2, 0.25) is 5.91 Å². The molecule has 9 nitrogen and oxygen atoms in total. The number of anilines is 1. The van der Waals surface area contributed by atoms with Gasteiger partial charge in [0.15, 0.2) is 0 Å². The molecule has 45 heavy (non-hydrogen) atoms. The summed E-state index contributed by atoms with van der Waals surface area (Å²) in [5.74, 6) is 0.737. The molecule has 2 aliphatic carbocycles. The van der Waals surface area contributed by atoms with Crippen LogP contribution in [-0.2, 0) is 30.5 Å². The Morgan fingerprint density at radius 2 is 1.98 bits per heavy atom. The summed E-state index contributed by atoms with van der Waals surface area (Å²) in [5, 5.41) is 9.68. The summed E-state index contributed by atoms with van der Waals surface area (Å²) in [6, 6.07) is 8.31. The Kier molecular flexibility index (Phi) is 9.39. The van der Waals surface area contributed by atoms with Gasteiger partial charge in [-0.15, -0.1) is 0 Å². The molecule has 2 saturated heterocycles. The Labute approximate surface area is 266 Å². The molecule has 3 atom stereocenters. The second-order valence-corrected chi connectivity index (χ2v) is 13.7. The first-order valence-electron chi connectivity index (χ1n) is 16.5. The quantitative estimate of drug-likeness (QED) is 0.415. The van der Waals surface area contributed by atoms with Gasteiger partial charge in [0, 0.05) is 43.9 Å². The fourth-order valence-electron chi connectivity index (χ4n) is 7.79. The molecule has 2 aliphatic heterocycles. The van der Waals surface area contributed by atoms with E-state index >= 15 is 0 Å². The molecule has 0 saturated carbocycles. The van der Waals surface area contributed by atoms with Crippen molar-refractivity contribution in [1.82, 2.24) is 24.7 Å². The maximum absolute atomic E-state index is 14.6. The summed E-state index contributed by atoms with van der Waals surface area (Å²) in [5.41, 5.74) is 4.21. The minimum atomic E-state index is -0.234. The van der Waals surface area contributed by atoms with Crippen LogP contribution >= 0.6 is 0 Å². The standard InChI is InChI=1S/C35H46FN7O2/c1-40(2)17-6-10-32(44)43-20-19-42(23-26(43)13-16-37)33-29-12-15-35(14-11-28-25(21-35)7-4-9-30(28)36)22-31(29)38-34(39-33)45-24-27-8-5-18-41(27)3/h4,6-7,9-10,26-27H,5,8,11-15,17-24H2,1-3H3/b10-6+/t26-,27-,35+/m0/s1. The maximum Gasteiger partial charge on any atom is 0.318 e. The highest BCUT2D eigenvalue weighted by Gasteiger charge is 2.41.